The maximum Gasteiger partial charge on any atom is 0.407 e. The molecule has 2 atom stereocenters. The first-order chi connectivity index (χ1) is 18.7. The van der Waals surface area contributed by atoms with Crippen LogP contribution in [0.2, 0.25) is 0 Å². The number of aryl methyl sites for hydroxylation is 1. The van der Waals surface area contributed by atoms with Crippen molar-refractivity contribution in [3.63, 3.8) is 0 Å². The van der Waals surface area contributed by atoms with Crippen LogP contribution in [0.25, 0.3) is 10.8 Å². The van der Waals surface area contributed by atoms with Gasteiger partial charge >= 0.3 is 6.09 Å². The molecule has 2 unspecified atom stereocenters. The van der Waals surface area contributed by atoms with Gasteiger partial charge in [-0.2, -0.15) is 0 Å². The second-order valence-electron chi connectivity index (χ2n) is 10.0. The Kier molecular flexibility index (Phi) is 8.56. The van der Waals surface area contributed by atoms with Crippen molar-refractivity contribution in [3.8, 4) is 5.75 Å². The summed E-state index contributed by atoms with van der Waals surface area (Å²) >= 11 is 0. The third-order valence-electron chi connectivity index (χ3n) is 7.39. The van der Waals surface area contributed by atoms with Crippen LogP contribution in [0.3, 0.4) is 0 Å². The summed E-state index contributed by atoms with van der Waals surface area (Å²) in [7, 11) is 0. The number of unbranched alkanes of at least 4 members (excludes halogenated alkanes) is 1. The lowest BCUT2D eigenvalue weighted by Gasteiger charge is -2.37. The number of carboxylic acid groups (broad SMARTS) is 1. The topological polar surface area (TPSA) is 59.0 Å². The van der Waals surface area contributed by atoms with Crippen LogP contribution in [-0.4, -0.2) is 41.9 Å². The summed E-state index contributed by atoms with van der Waals surface area (Å²) in [6.07, 6.45) is 2.80. The van der Waals surface area contributed by atoms with Gasteiger partial charge in [-0.25, -0.2) is 4.79 Å². The molecule has 1 aliphatic heterocycles. The van der Waals surface area contributed by atoms with Crippen molar-refractivity contribution >= 4 is 16.9 Å². The van der Waals surface area contributed by atoms with E-state index in [-0.39, 0.29) is 12.0 Å². The highest BCUT2D eigenvalue weighted by atomic mass is 16.5. The van der Waals surface area contributed by atoms with E-state index in [1.807, 2.05) is 30.3 Å². The standard InChI is InChI=1S/C33H35NO4/c35-33(36)34-20-19-31(32(23-34)38-24-26-13-14-27-11-4-5-12-29(27)22-26)28-15-17-30(18-16-28)37-21-7-6-10-25-8-2-1-3-9-25/h1-5,8-9,11-18,22,31-32H,6-7,10,19-21,23-24H2,(H,35,36). The minimum atomic E-state index is -0.890. The number of likely N-dealkylation sites (tertiary alicyclic amines) is 1. The zero-order chi connectivity index (χ0) is 26.2. The van der Waals surface area contributed by atoms with E-state index in [9.17, 15) is 9.90 Å². The predicted octanol–water partition coefficient (Wildman–Crippen LogP) is 7.29. The van der Waals surface area contributed by atoms with Gasteiger partial charge in [-0.1, -0.05) is 78.9 Å². The van der Waals surface area contributed by atoms with Gasteiger partial charge in [-0.05, 0) is 71.3 Å². The van der Waals surface area contributed by atoms with Gasteiger partial charge in [0.1, 0.15) is 5.75 Å². The molecule has 0 aliphatic carbocycles. The van der Waals surface area contributed by atoms with Gasteiger partial charge in [0.15, 0.2) is 0 Å². The van der Waals surface area contributed by atoms with Crippen LogP contribution in [0.4, 0.5) is 4.79 Å². The highest BCUT2D eigenvalue weighted by Gasteiger charge is 2.33. The third kappa shape index (κ3) is 6.73. The number of hydrogen-bond acceptors (Lipinski definition) is 3. The lowest BCUT2D eigenvalue weighted by molar-refractivity contribution is -0.0199. The summed E-state index contributed by atoms with van der Waals surface area (Å²) in [5, 5.41) is 12.0. The van der Waals surface area contributed by atoms with Crippen molar-refractivity contribution in [1.82, 2.24) is 4.90 Å². The summed E-state index contributed by atoms with van der Waals surface area (Å²) in [5.74, 6) is 0.996. The molecule has 1 fully saturated rings. The van der Waals surface area contributed by atoms with Crippen molar-refractivity contribution in [3.05, 3.63) is 114 Å². The summed E-state index contributed by atoms with van der Waals surface area (Å²) in [5.41, 5.74) is 3.61. The second-order valence-corrected chi connectivity index (χ2v) is 10.0. The number of hydrogen-bond donors (Lipinski definition) is 1. The van der Waals surface area contributed by atoms with Crippen LogP contribution in [0.5, 0.6) is 5.75 Å². The Labute approximate surface area is 224 Å². The molecule has 0 aromatic heterocycles. The van der Waals surface area contributed by atoms with Crippen LogP contribution in [0.1, 0.15) is 41.9 Å². The average molecular weight is 510 g/mol. The number of benzene rings is 4. The van der Waals surface area contributed by atoms with Crippen LogP contribution >= 0.6 is 0 Å². The lowest BCUT2D eigenvalue weighted by Crippen LogP contribution is -2.46. The molecule has 1 aliphatic rings. The highest BCUT2D eigenvalue weighted by Crippen LogP contribution is 2.32. The number of amides is 1. The maximum atomic E-state index is 11.7. The monoisotopic (exact) mass is 509 g/mol. The highest BCUT2D eigenvalue weighted by molar-refractivity contribution is 5.82. The normalized spacial score (nSPS) is 17.4. The summed E-state index contributed by atoms with van der Waals surface area (Å²) in [6.45, 7) is 2.02. The molecule has 1 N–H and O–H groups in total. The first-order valence-corrected chi connectivity index (χ1v) is 13.5. The fraction of sp³-hybridized carbons (Fsp3) is 0.303. The molecular formula is C33H35NO4. The van der Waals surface area contributed by atoms with Crippen molar-refractivity contribution in [2.24, 2.45) is 0 Å². The molecule has 196 valence electrons. The molecule has 5 heteroatoms. The van der Waals surface area contributed by atoms with Crippen LogP contribution < -0.4 is 4.74 Å². The molecule has 0 spiro atoms. The third-order valence-corrected chi connectivity index (χ3v) is 7.39. The van der Waals surface area contributed by atoms with Crippen molar-refractivity contribution in [1.29, 1.82) is 0 Å². The number of rotatable bonds is 10. The number of piperidine rings is 1. The quantitative estimate of drug-likeness (QED) is 0.228. The molecule has 0 bridgehead atoms. The Bertz CT molecular complexity index is 1320. The summed E-state index contributed by atoms with van der Waals surface area (Å²) < 4.78 is 12.4. The zero-order valence-electron chi connectivity index (χ0n) is 21.7. The van der Waals surface area contributed by atoms with Crippen LogP contribution in [0, 0.1) is 0 Å². The van der Waals surface area contributed by atoms with E-state index in [1.54, 1.807) is 0 Å². The molecule has 38 heavy (non-hydrogen) atoms. The minimum absolute atomic E-state index is 0.131. The van der Waals surface area contributed by atoms with E-state index in [1.165, 1.54) is 21.2 Å². The molecule has 1 saturated heterocycles. The van der Waals surface area contributed by atoms with E-state index in [2.05, 4.69) is 66.7 Å². The Hall–Kier alpha value is -3.83. The largest absolute Gasteiger partial charge is 0.494 e. The number of carbonyl (C=O) groups is 1. The zero-order valence-corrected chi connectivity index (χ0v) is 21.7. The average Bonchev–Trinajstić information content (AvgIpc) is 2.96. The fourth-order valence-electron chi connectivity index (χ4n) is 5.25. The van der Waals surface area contributed by atoms with Crippen molar-refractivity contribution in [2.75, 3.05) is 19.7 Å². The summed E-state index contributed by atoms with van der Waals surface area (Å²) in [4.78, 5) is 13.2. The van der Waals surface area contributed by atoms with Crippen molar-refractivity contribution in [2.45, 2.75) is 44.3 Å². The number of fused-ring (bicyclic) bond motifs is 1. The first kappa shape index (κ1) is 25.8. The van der Waals surface area contributed by atoms with E-state index in [0.717, 1.165) is 42.6 Å². The molecule has 1 heterocycles. The molecule has 4 aromatic rings. The second kappa shape index (κ2) is 12.6. The number of ether oxygens (including phenoxy) is 2. The fourth-order valence-corrected chi connectivity index (χ4v) is 5.25. The summed E-state index contributed by atoms with van der Waals surface area (Å²) in [6, 6.07) is 33.4. The van der Waals surface area contributed by atoms with Gasteiger partial charge in [-0.15, -0.1) is 0 Å². The van der Waals surface area contributed by atoms with Crippen LogP contribution in [-0.2, 0) is 17.8 Å². The predicted molar refractivity (Wildman–Crippen MR) is 151 cm³/mol. The van der Waals surface area contributed by atoms with Crippen molar-refractivity contribution < 1.29 is 19.4 Å². The first-order valence-electron chi connectivity index (χ1n) is 13.5. The van der Waals surface area contributed by atoms with Crippen LogP contribution in [0.15, 0.2) is 97.1 Å². The number of nitrogens with zero attached hydrogens (tertiary/aromatic N) is 1. The molecule has 0 radical (unpaired) electrons. The molecule has 0 saturated carbocycles. The Morgan fingerprint density at radius 3 is 2.39 bits per heavy atom. The Balaban J connectivity index is 1.17. The minimum Gasteiger partial charge on any atom is -0.494 e. The van der Waals surface area contributed by atoms with E-state index in [4.69, 9.17) is 9.47 Å². The molecule has 5 nitrogen and oxygen atoms in total. The molecular weight excluding hydrogens is 474 g/mol. The van der Waals surface area contributed by atoms with Gasteiger partial charge < -0.3 is 19.5 Å². The smallest absolute Gasteiger partial charge is 0.407 e. The van der Waals surface area contributed by atoms with Gasteiger partial charge in [0.25, 0.3) is 0 Å². The Morgan fingerprint density at radius 1 is 0.842 bits per heavy atom. The van der Waals surface area contributed by atoms with Gasteiger partial charge in [0.2, 0.25) is 0 Å². The van der Waals surface area contributed by atoms with E-state index < -0.39 is 6.09 Å². The van der Waals surface area contributed by atoms with E-state index in [0.29, 0.717) is 26.3 Å². The lowest BCUT2D eigenvalue weighted by atomic mass is 9.87. The Morgan fingerprint density at radius 2 is 1.61 bits per heavy atom. The SMILES string of the molecule is O=C(O)N1CCC(c2ccc(OCCCCc3ccccc3)cc2)C(OCc2ccc3ccccc3c2)C1. The van der Waals surface area contributed by atoms with E-state index >= 15 is 0 Å². The van der Waals surface area contributed by atoms with Gasteiger partial charge in [-0.3, -0.25) is 0 Å². The molecule has 1 amide bonds. The molecule has 4 aromatic carbocycles. The van der Waals surface area contributed by atoms with Gasteiger partial charge in [0.05, 0.1) is 25.9 Å². The molecule has 5 rings (SSSR count). The van der Waals surface area contributed by atoms with Gasteiger partial charge in [0, 0.05) is 12.5 Å². The maximum absolute atomic E-state index is 11.7.